The zero-order valence-corrected chi connectivity index (χ0v) is 20.6. The van der Waals surface area contributed by atoms with Crippen molar-refractivity contribution in [1.82, 2.24) is 9.55 Å². The number of Topliss-reactive ketones (excluding diaryl/α,β-unsaturated/α-hetero) is 1. The standard InChI is InChI=1S/C26H33ClN2O2/c1-9-14-29-17(4)15(2)21-23(19-10-12-20(27)13-11-19)22(16(3)28-25(21)29)24(18(5)30)31-26(6,7)8/h10-13,24H,9,14H2,1-8H3. The van der Waals surface area contributed by atoms with E-state index in [1.54, 1.807) is 6.92 Å². The maximum atomic E-state index is 12.8. The van der Waals surface area contributed by atoms with E-state index in [2.05, 4.69) is 25.3 Å². The summed E-state index contributed by atoms with van der Waals surface area (Å²) in [5.74, 6) is -0.0308. The molecule has 166 valence electrons. The topological polar surface area (TPSA) is 44.1 Å². The molecular weight excluding hydrogens is 408 g/mol. The molecule has 5 heteroatoms. The van der Waals surface area contributed by atoms with Gasteiger partial charge in [-0.3, -0.25) is 4.79 Å². The number of pyridine rings is 1. The Morgan fingerprint density at radius 3 is 2.29 bits per heavy atom. The Bertz CT molecular complexity index is 1120. The van der Waals surface area contributed by atoms with E-state index in [0.717, 1.165) is 46.4 Å². The van der Waals surface area contributed by atoms with Crippen molar-refractivity contribution in [2.75, 3.05) is 0 Å². The highest BCUT2D eigenvalue weighted by atomic mass is 35.5. The molecule has 0 aliphatic heterocycles. The summed E-state index contributed by atoms with van der Waals surface area (Å²) in [6.45, 7) is 16.8. The molecule has 0 fully saturated rings. The number of carbonyl (C=O) groups excluding carboxylic acids is 1. The van der Waals surface area contributed by atoms with E-state index >= 15 is 0 Å². The van der Waals surface area contributed by atoms with Crippen LogP contribution in [0.5, 0.6) is 0 Å². The molecule has 0 saturated carbocycles. The number of ketones is 1. The van der Waals surface area contributed by atoms with Crippen LogP contribution < -0.4 is 0 Å². The van der Waals surface area contributed by atoms with Gasteiger partial charge in [-0.1, -0.05) is 30.7 Å². The summed E-state index contributed by atoms with van der Waals surface area (Å²) in [6.07, 6.45) is 0.322. The molecule has 0 N–H and O–H groups in total. The number of hydrogen-bond acceptors (Lipinski definition) is 3. The zero-order chi connectivity index (χ0) is 23.1. The number of ether oxygens (including phenoxy) is 1. The number of rotatable bonds is 6. The van der Waals surface area contributed by atoms with Gasteiger partial charge in [0.25, 0.3) is 0 Å². The van der Waals surface area contributed by atoms with Crippen LogP contribution in [0.4, 0.5) is 0 Å². The fourth-order valence-electron chi connectivity index (χ4n) is 4.23. The maximum absolute atomic E-state index is 12.8. The van der Waals surface area contributed by atoms with Crippen molar-refractivity contribution in [3.8, 4) is 11.1 Å². The average Bonchev–Trinajstić information content (AvgIpc) is 2.90. The smallest absolute Gasteiger partial charge is 0.163 e. The summed E-state index contributed by atoms with van der Waals surface area (Å²) in [7, 11) is 0. The molecular formula is C26H33ClN2O2. The van der Waals surface area contributed by atoms with Crippen molar-refractivity contribution in [2.45, 2.75) is 80.1 Å². The van der Waals surface area contributed by atoms with Crippen molar-refractivity contribution in [2.24, 2.45) is 0 Å². The van der Waals surface area contributed by atoms with E-state index in [0.29, 0.717) is 5.02 Å². The summed E-state index contributed by atoms with van der Waals surface area (Å²) >= 11 is 6.20. The number of aryl methyl sites for hydroxylation is 3. The van der Waals surface area contributed by atoms with Crippen molar-refractivity contribution in [1.29, 1.82) is 0 Å². The molecule has 2 aromatic heterocycles. The number of halogens is 1. The Morgan fingerprint density at radius 2 is 1.77 bits per heavy atom. The lowest BCUT2D eigenvalue weighted by Crippen LogP contribution is -2.27. The minimum Gasteiger partial charge on any atom is -0.360 e. The summed E-state index contributed by atoms with van der Waals surface area (Å²) in [6, 6.07) is 7.81. The Balaban J connectivity index is 2.48. The van der Waals surface area contributed by atoms with Gasteiger partial charge in [-0.05, 0) is 78.1 Å². The molecule has 0 amide bonds. The highest BCUT2D eigenvalue weighted by Gasteiger charge is 2.31. The first kappa shape index (κ1) is 23.5. The number of hydrogen-bond donors (Lipinski definition) is 0. The first-order chi connectivity index (χ1) is 14.5. The molecule has 0 bridgehead atoms. The molecule has 3 aromatic rings. The molecule has 4 nitrogen and oxygen atoms in total. The van der Waals surface area contributed by atoms with Crippen LogP contribution in [0.2, 0.25) is 5.02 Å². The first-order valence-electron chi connectivity index (χ1n) is 10.9. The van der Waals surface area contributed by atoms with Gasteiger partial charge in [-0.2, -0.15) is 0 Å². The van der Waals surface area contributed by atoms with Crippen molar-refractivity contribution >= 4 is 28.4 Å². The Kier molecular flexibility index (Phi) is 6.64. The van der Waals surface area contributed by atoms with Crippen LogP contribution in [-0.4, -0.2) is 20.9 Å². The van der Waals surface area contributed by atoms with Crippen LogP contribution in [0.1, 0.15) is 69.7 Å². The SMILES string of the molecule is CCCn1c(C)c(C)c2c(-c3ccc(Cl)cc3)c(C(OC(C)(C)C)C(C)=O)c(C)nc21. The lowest BCUT2D eigenvalue weighted by atomic mass is 9.90. The monoisotopic (exact) mass is 440 g/mol. The van der Waals surface area contributed by atoms with Crippen LogP contribution >= 0.6 is 11.6 Å². The lowest BCUT2D eigenvalue weighted by Gasteiger charge is -2.29. The average molecular weight is 441 g/mol. The van der Waals surface area contributed by atoms with Crippen LogP contribution in [0.25, 0.3) is 22.2 Å². The van der Waals surface area contributed by atoms with Crippen molar-refractivity contribution in [3.63, 3.8) is 0 Å². The van der Waals surface area contributed by atoms with E-state index in [1.807, 2.05) is 52.0 Å². The second kappa shape index (κ2) is 8.76. The Morgan fingerprint density at radius 1 is 1.16 bits per heavy atom. The molecule has 3 rings (SSSR count). The van der Waals surface area contributed by atoms with Gasteiger partial charge in [0.2, 0.25) is 0 Å². The van der Waals surface area contributed by atoms with Crippen LogP contribution in [-0.2, 0) is 16.1 Å². The Labute approximate surface area is 190 Å². The highest BCUT2D eigenvalue weighted by Crippen LogP contribution is 2.42. The molecule has 0 spiro atoms. The van der Waals surface area contributed by atoms with Crippen molar-refractivity contribution in [3.05, 3.63) is 51.8 Å². The van der Waals surface area contributed by atoms with E-state index in [4.69, 9.17) is 21.3 Å². The first-order valence-corrected chi connectivity index (χ1v) is 11.3. The normalized spacial score (nSPS) is 13.1. The van der Waals surface area contributed by atoms with Crippen LogP contribution in [0.3, 0.4) is 0 Å². The number of nitrogens with zero attached hydrogens (tertiary/aromatic N) is 2. The number of benzene rings is 1. The molecule has 0 aliphatic rings. The van der Waals surface area contributed by atoms with Crippen LogP contribution in [0.15, 0.2) is 24.3 Å². The van der Waals surface area contributed by atoms with Gasteiger partial charge in [-0.25, -0.2) is 4.98 Å². The summed E-state index contributed by atoms with van der Waals surface area (Å²) < 4.78 is 8.59. The largest absolute Gasteiger partial charge is 0.360 e. The van der Waals surface area contributed by atoms with E-state index < -0.39 is 11.7 Å². The van der Waals surface area contributed by atoms with Crippen LogP contribution in [0, 0.1) is 20.8 Å². The predicted molar refractivity (Wildman–Crippen MR) is 129 cm³/mol. The van der Waals surface area contributed by atoms with E-state index in [1.165, 1.54) is 11.3 Å². The quantitative estimate of drug-likeness (QED) is 0.409. The fraction of sp³-hybridized carbons (Fsp3) is 0.462. The number of aromatic nitrogens is 2. The highest BCUT2D eigenvalue weighted by molar-refractivity contribution is 6.30. The van der Waals surface area contributed by atoms with E-state index in [9.17, 15) is 4.79 Å². The summed E-state index contributed by atoms with van der Waals surface area (Å²) in [4.78, 5) is 17.8. The minimum atomic E-state index is -0.697. The Hall–Kier alpha value is -2.17. The second-order valence-corrected chi connectivity index (χ2v) is 9.71. The third-order valence-electron chi connectivity index (χ3n) is 5.67. The molecule has 1 unspecified atom stereocenters. The van der Waals surface area contributed by atoms with Crippen molar-refractivity contribution < 1.29 is 9.53 Å². The lowest BCUT2D eigenvalue weighted by molar-refractivity contribution is -0.138. The third-order valence-corrected chi connectivity index (χ3v) is 5.92. The van der Waals surface area contributed by atoms with Gasteiger partial charge in [0.05, 0.1) is 5.60 Å². The molecule has 0 aliphatic carbocycles. The number of fused-ring (bicyclic) bond motifs is 1. The fourth-order valence-corrected chi connectivity index (χ4v) is 4.35. The summed E-state index contributed by atoms with van der Waals surface area (Å²) in [5.41, 5.74) is 6.54. The molecule has 1 aromatic carbocycles. The molecule has 1 atom stereocenters. The summed E-state index contributed by atoms with van der Waals surface area (Å²) in [5, 5.41) is 1.76. The minimum absolute atomic E-state index is 0.0308. The van der Waals surface area contributed by atoms with Gasteiger partial charge in [0, 0.05) is 39.5 Å². The van der Waals surface area contributed by atoms with Gasteiger partial charge < -0.3 is 9.30 Å². The van der Waals surface area contributed by atoms with E-state index in [-0.39, 0.29) is 5.78 Å². The maximum Gasteiger partial charge on any atom is 0.163 e. The molecule has 31 heavy (non-hydrogen) atoms. The zero-order valence-electron chi connectivity index (χ0n) is 19.9. The molecule has 2 heterocycles. The second-order valence-electron chi connectivity index (χ2n) is 9.27. The van der Waals surface area contributed by atoms with Gasteiger partial charge in [0.15, 0.2) is 5.78 Å². The molecule has 0 saturated heterocycles. The van der Waals surface area contributed by atoms with Gasteiger partial charge in [-0.15, -0.1) is 0 Å². The number of carbonyl (C=O) groups is 1. The predicted octanol–water partition coefficient (Wildman–Crippen LogP) is 7.14. The molecule has 0 radical (unpaired) electrons. The van der Waals surface area contributed by atoms with Gasteiger partial charge in [0.1, 0.15) is 11.8 Å². The van der Waals surface area contributed by atoms with Gasteiger partial charge >= 0.3 is 0 Å². The third kappa shape index (κ3) is 4.56.